The minimum absolute atomic E-state index is 0.190. The second-order valence-electron chi connectivity index (χ2n) is 3.20. The summed E-state index contributed by atoms with van der Waals surface area (Å²) in [6.07, 6.45) is -1.17. The molecule has 1 fully saturated rings. The van der Waals surface area contributed by atoms with E-state index >= 15 is 0 Å². The predicted octanol–water partition coefficient (Wildman–Crippen LogP) is -0.624. The Morgan fingerprint density at radius 2 is 2.15 bits per heavy atom. The number of rotatable bonds is 2. The molecular weight excluding hydrogens is 180 g/mol. The molecule has 1 aliphatic rings. The summed E-state index contributed by atoms with van der Waals surface area (Å²) >= 11 is 0. The number of nitro groups is 1. The van der Waals surface area contributed by atoms with Crippen LogP contribution in [0.5, 0.6) is 0 Å². The molecule has 0 aromatic rings. The average Bonchev–Trinajstić information content (AvgIpc) is 1.96. The van der Waals surface area contributed by atoms with Crippen LogP contribution in [0.2, 0.25) is 0 Å². The summed E-state index contributed by atoms with van der Waals surface area (Å²) in [6.45, 7) is 0.883. The van der Waals surface area contributed by atoms with Crippen molar-refractivity contribution in [2.45, 2.75) is 18.6 Å². The van der Waals surface area contributed by atoms with Crippen molar-refractivity contribution >= 4 is 6.09 Å². The third-order valence-electron chi connectivity index (χ3n) is 2.29. The Balaban J connectivity index is 2.55. The highest BCUT2D eigenvalue weighted by molar-refractivity contribution is 5.66. The molecule has 2 N–H and O–H groups in total. The van der Waals surface area contributed by atoms with Gasteiger partial charge in [-0.15, -0.1) is 0 Å². The van der Waals surface area contributed by atoms with Gasteiger partial charge in [-0.1, -0.05) is 0 Å². The average molecular weight is 190 g/mol. The van der Waals surface area contributed by atoms with Crippen molar-refractivity contribution in [3.8, 4) is 0 Å². The molecule has 1 heterocycles. The molecular formula is C6H10N2O5. The number of hydrogen-bond acceptors (Lipinski definition) is 4. The first-order valence-corrected chi connectivity index (χ1v) is 3.70. The van der Waals surface area contributed by atoms with Crippen LogP contribution in [-0.4, -0.2) is 50.9 Å². The van der Waals surface area contributed by atoms with Crippen LogP contribution in [0.4, 0.5) is 4.79 Å². The van der Waals surface area contributed by atoms with Crippen LogP contribution in [0.3, 0.4) is 0 Å². The van der Waals surface area contributed by atoms with Crippen molar-refractivity contribution in [2.24, 2.45) is 0 Å². The lowest BCUT2D eigenvalue weighted by molar-refractivity contribution is -0.546. The van der Waals surface area contributed by atoms with Gasteiger partial charge in [-0.2, -0.15) is 0 Å². The molecule has 7 nitrogen and oxygen atoms in total. The summed E-state index contributed by atoms with van der Waals surface area (Å²) in [5, 5.41) is 28.2. The maximum atomic E-state index is 10.3. The fourth-order valence-corrected chi connectivity index (χ4v) is 1.21. The molecule has 0 bridgehead atoms. The standard InChI is InChI=1S/C6H10N2O5/c1-4(8(12)13)6(11)2-7(3-6)5(9)10/h4,11H,2-3H2,1H3,(H,9,10). The van der Waals surface area contributed by atoms with Crippen LogP contribution in [0.1, 0.15) is 6.92 Å². The molecule has 1 saturated heterocycles. The number of carboxylic acid groups (broad SMARTS) is 1. The Kier molecular flexibility index (Phi) is 2.12. The van der Waals surface area contributed by atoms with Gasteiger partial charge in [0.25, 0.3) is 0 Å². The molecule has 1 atom stereocenters. The highest BCUT2D eigenvalue weighted by atomic mass is 16.6. The van der Waals surface area contributed by atoms with Crippen molar-refractivity contribution in [2.75, 3.05) is 13.1 Å². The van der Waals surface area contributed by atoms with Crippen LogP contribution in [0.25, 0.3) is 0 Å². The monoisotopic (exact) mass is 190 g/mol. The van der Waals surface area contributed by atoms with Crippen LogP contribution < -0.4 is 0 Å². The van der Waals surface area contributed by atoms with Gasteiger partial charge in [0.05, 0.1) is 13.1 Å². The Morgan fingerprint density at radius 1 is 1.69 bits per heavy atom. The number of nitrogens with zero attached hydrogens (tertiary/aromatic N) is 2. The maximum Gasteiger partial charge on any atom is 0.407 e. The van der Waals surface area contributed by atoms with Crippen LogP contribution in [0.15, 0.2) is 0 Å². The zero-order chi connectivity index (χ0) is 10.2. The normalized spacial score (nSPS) is 21.8. The number of amides is 1. The lowest BCUT2D eigenvalue weighted by Crippen LogP contribution is -2.69. The summed E-state index contributed by atoms with van der Waals surface area (Å²) < 4.78 is 0. The molecule has 0 aliphatic carbocycles. The lowest BCUT2D eigenvalue weighted by atomic mass is 9.88. The molecule has 0 aromatic heterocycles. The van der Waals surface area contributed by atoms with Gasteiger partial charge in [0.15, 0.2) is 5.60 Å². The van der Waals surface area contributed by atoms with Gasteiger partial charge in [0, 0.05) is 11.8 Å². The molecule has 0 radical (unpaired) electrons. The highest BCUT2D eigenvalue weighted by Gasteiger charge is 2.53. The predicted molar refractivity (Wildman–Crippen MR) is 41.0 cm³/mol. The van der Waals surface area contributed by atoms with Crippen LogP contribution in [0, 0.1) is 10.1 Å². The zero-order valence-corrected chi connectivity index (χ0v) is 7.01. The summed E-state index contributed by atoms with van der Waals surface area (Å²) in [5.41, 5.74) is -1.50. The number of β-amino-alcohol motifs (C(OH)–C–C–N with tert-alkyl or cyclic N) is 1. The molecule has 1 rings (SSSR count). The highest BCUT2D eigenvalue weighted by Crippen LogP contribution is 2.25. The third-order valence-corrected chi connectivity index (χ3v) is 2.29. The van der Waals surface area contributed by atoms with Crippen molar-refractivity contribution in [3.63, 3.8) is 0 Å². The Bertz CT molecular complexity index is 247. The molecule has 7 heteroatoms. The largest absolute Gasteiger partial charge is 0.465 e. The molecule has 1 unspecified atom stereocenters. The molecule has 13 heavy (non-hydrogen) atoms. The van der Waals surface area contributed by atoms with E-state index in [0.29, 0.717) is 0 Å². The van der Waals surface area contributed by atoms with E-state index in [-0.39, 0.29) is 13.1 Å². The number of aliphatic hydroxyl groups is 1. The van der Waals surface area contributed by atoms with E-state index in [1.807, 2.05) is 0 Å². The summed E-state index contributed by atoms with van der Waals surface area (Å²) in [4.78, 5) is 20.9. The molecule has 1 aliphatic heterocycles. The van der Waals surface area contributed by atoms with E-state index in [0.717, 1.165) is 4.90 Å². The van der Waals surface area contributed by atoms with Crippen LogP contribution in [-0.2, 0) is 0 Å². The van der Waals surface area contributed by atoms with Gasteiger partial charge < -0.3 is 15.1 Å². The van der Waals surface area contributed by atoms with E-state index in [2.05, 4.69) is 0 Å². The maximum absolute atomic E-state index is 10.3. The fourth-order valence-electron chi connectivity index (χ4n) is 1.21. The third kappa shape index (κ3) is 1.55. The molecule has 0 aromatic carbocycles. The second kappa shape index (κ2) is 2.84. The van der Waals surface area contributed by atoms with Gasteiger partial charge >= 0.3 is 6.09 Å². The zero-order valence-electron chi connectivity index (χ0n) is 7.01. The SMILES string of the molecule is CC([N+](=O)[O-])C1(O)CN(C(=O)O)C1. The Morgan fingerprint density at radius 3 is 2.46 bits per heavy atom. The van der Waals surface area contributed by atoms with E-state index in [1.165, 1.54) is 6.92 Å². The number of likely N-dealkylation sites (tertiary alicyclic amines) is 1. The summed E-state index contributed by atoms with van der Waals surface area (Å²) in [6, 6.07) is -1.14. The lowest BCUT2D eigenvalue weighted by Gasteiger charge is -2.44. The van der Waals surface area contributed by atoms with Crippen LogP contribution >= 0.6 is 0 Å². The van der Waals surface area contributed by atoms with E-state index in [9.17, 15) is 20.0 Å². The molecule has 0 spiro atoms. The van der Waals surface area contributed by atoms with E-state index in [4.69, 9.17) is 5.11 Å². The first-order valence-electron chi connectivity index (χ1n) is 3.70. The van der Waals surface area contributed by atoms with Crippen molar-refractivity contribution in [1.29, 1.82) is 0 Å². The van der Waals surface area contributed by atoms with E-state index < -0.39 is 22.7 Å². The molecule has 74 valence electrons. The van der Waals surface area contributed by atoms with Gasteiger partial charge in [0.2, 0.25) is 6.04 Å². The van der Waals surface area contributed by atoms with Gasteiger partial charge in [0.1, 0.15) is 0 Å². The van der Waals surface area contributed by atoms with Crippen molar-refractivity contribution in [3.05, 3.63) is 10.1 Å². The van der Waals surface area contributed by atoms with Crippen molar-refractivity contribution < 1.29 is 19.9 Å². The van der Waals surface area contributed by atoms with Crippen molar-refractivity contribution in [1.82, 2.24) is 4.90 Å². The summed E-state index contributed by atoms with van der Waals surface area (Å²) in [5.74, 6) is 0. The number of hydrogen-bond donors (Lipinski definition) is 2. The quantitative estimate of drug-likeness (QED) is 0.446. The summed E-state index contributed by atoms with van der Waals surface area (Å²) in [7, 11) is 0. The smallest absolute Gasteiger partial charge is 0.407 e. The van der Waals surface area contributed by atoms with Gasteiger partial charge in [-0.25, -0.2) is 4.79 Å². The molecule has 1 amide bonds. The second-order valence-corrected chi connectivity index (χ2v) is 3.20. The Hall–Kier alpha value is -1.37. The minimum atomic E-state index is -1.50. The van der Waals surface area contributed by atoms with E-state index in [1.54, 1.807) is 0 Å². The topological polar surface area (TPSA) is 104 Å². The fraction of sp³-hybridized carbons (Fsp3) is 0.833. The Labute approximate surface area is 73.7 Å². The van der Waals surface area contributed by atoms with Gasteiger partial charge in [-0.05, 0) is 0 Å². The first-order chi connectivity index (χ1) is 5.87. The first kappa shape index (κ1) is 9.72. The number of carbonyl (C=O) groups is 1. The molecule has 0 saturated carbocycles. The van der Waals surface area contributed by atoms with Gasteiger partial charge in [-0.3, -0.25) is 10.1 Å². The minimum Gasteiger partial charge on any atom is -0.465 e.